The largest absolute Gasteiger partial charge is 0.495 e. The van der Waals surface area contributed by atoms with E-state index in [0.717, 1.165) is 16.7 Å². The predicted octanol–water partition coefficient (Wildman–Crippen LogP) is 6.72. The molecular formula is C30H33NO5. The van der Waals surface area contributed by atoms with Gasteiger partial charge in [-0.15, -0.1) is 0 Å². The number of esters is 1. The Labute approximate surface area is 212 Å². The zero-order valence-corrected chi connectivity index (χ0v) is 21.3. The summed E-state index contributed by atoms with van der Waals surface area (Å²) >= 11 is 0. The molecule has 6 nitrogen and oxygen atoms in total. The highest BCUT2D eigenvalue weighted by Crippen LogP contribution is 2.44. The first-order chi connectivity index (χ1) is 17.3. The van der Waals surface area contributed by atoms with Gasteiger partial charge < -0.3 is 14.2 Å². The Morgan fingerprint density at radius 1 is 0.889 bits per heavy atom. The number of anilines is 1. The number of ether oxygens (including phenoxy) is 3. The van der Waals surface area contributed by atoms with Crippen molar-refractivity contribution < 1.29 is 23.8 Å². The van der Waals surface area contributed by atoms with Crippen LogP contribution < -0.4 is 10.1 Å². The van der Waals surface area contributed by atoms with Crippen LogP contribution in [-0.2, 0) is 20.7 Å². The van der Waals surface area contributed by atoms with Gasteiger partial charge in [-0.05, 0) is 67.5 Å². The van der Waals surface area contributed by atoms with E-state index in [-0.39, 0.29) is 18.5 Å². The number of benzene rings is 3. The fourth-order valence-electron chi connectivity index (χ4n) is 4.65. The molecule has 0 bridgehead atoms. The van der Waals surface area contributed by atoms with Crippen LogP contribution in [0.25, 0.3) is 11.1 Å². The van der Waals surface area contributed by atoms with Crippen molar-refractivity contribution in [2.24, 2.45) is 0 Å². The molecule has 0 saturated heterocycles. The van der Waals surface area contributed by atoms with Crippen molar-refractivity contribution in [1.82, 2.24) is 0 Å². The minimum Gasteiger partial charge on any atom is -0.495 e. The first kappa shape index (κ1) is 25.3. The van der Waals surface area contributed by atoms with E-state index in [1.54, 1.807) is 13.2 Å². The summed E-state index contributed by atoms with van der Waals surface area (Å²) in [6, 6.07) is 22.0. The minimum atomic E-state index is -0.547. The van der Waals surface area contributed by atoms with E-state index in [4.69, 9.17) is 14.2 Å². The van der Waals surface area contributed by atoms with Gasteiger partial charge in [-0.1, -0.05) is 60.7 Å². The Kier molecular flexibility index (Phi) is 7.63. The topological polar surface area (TPSA) is 73.9 Å². The molecule has 1 aliphatic rings. The van der Waals surface area contributed by atoms with Crippen LogP contribution in [0, 0.1) is 0 Å². The van der Waals surface area contributed by atoms with Crippen LogP contribution in [0.15, 0.2) is 66.7 Å². The van der Waals surface area contributed by atoms with Crippen LogP contribution in [-0.4, -0.2) is 31.4 Å². The molecule has 6 heteroatoms. The molecule has 0 heterocycles. The number of hydrogen-bond donors (Lipinski definition) is 1. The molecule has 188 valence electrons. The quantitative estimate of drug-likeness (QED) is 0.357. The van der Waals surface area contributed by atoms with Crippen molar-refractivity contribution in [3.63, 3.8) is 0 Å². The molecule has 1 N–H and O–H groups in total. The van der Waals surface area contributed by atoms with Gasteiger partial charge in [0, 0.05) is 12.3 Å². The van der Waals surface area contributed by atoms with Gasteiger partial charge in [0.25, 0.3) is 0 Å². The van der Waals surface area contributed by atoms with Gasteiger partial charge in [-0.2, -0.15) is 0 Å². The number of aryl methyl sites for hydroxylation is 1. The van der Waals surface area contributed by atoms with Crippen LogP contribution >= 0.6 is 0 Å². The SMILES string of the molecule is COc1cccc(CCCC(=O)OC(C)(C)C)c1NC(=O)OCC1c2ccccc2-c2ccccc21. The maximum atomic E-state index is 12.9. The summed E-state index contributed by atoms with van der Waals surface area (Å²) in [5, 5.41) is 2.88. The van der Waals surface area contributed by atoms with Crippen molar-refractivity contribution in [1.29, 1.82) is 0 Å². The summed E-state index contributed by atoms with van der Waals surface area (Å²) in [7, 11) is 1.56. The van der Waals surface area contributed by atoms with Crippen LogP contribution in [0.1, 0.15) is 56.2 Å². The lowest BCUT2D eigenvalue weighted by Crippen LogP contribution is -2.23. The zero-order valence-electron chi connectivity index (χ0n) is 21.3. The molecule has 0 saturated carbocycles. The second-order valence-electron chi connectivity index (χ2n) is 9.88. The predicted molar refractivity (Wildman–Crippen MR) is 140 cm³/mol. The van der Waals surface area contributed by atoms with E-state index in [1.807, 2.05) is 57.2 Å². The van der Waals surface area contributed by atoms with E-state index >= 15 is 0 Å². The van der Waals surface area contributed by atoms with Gasteiger partial charge in [-0.3, -0.25) is 10.1 Å². The number of fused-ring (bicyclic) bond motifs is 3. The molecule has 36 heavy (non-hydrogen) atoms. The fraction of sp³-hybridized carbons (Fsp3) is 0.333. The summed E-state index contributed by atoms with van der Waals surface area (Å²) < 4.78 is 16.6. The molecule has 0 aliphatic heterocycles. The summed E-state index contributed by atoms with van der Waals surface area (Å²) in [5.74, 6) is 0.281. The van der Waals surface area contributed by atoms with Crippen LogP contribution in [0.5, 0.6) is 5.75 Å². The number of nitrogens with one attached hydrogen (secondary N) is 1. The van der Waals surface area contributed by atoms with Gasteiger partial charge >= 0.3 is 12.1 Å². The third-order valence-electron chi connectivity index (χ3n) is 6.15. The third-order valence-corrected chi connectivity index (χ3v) is 6.15. The van der Waals surface area contributed by atoms with Gasteiger partial charge in [-0.25, -0.2) is 4.79 Å². The van der Waals surface area contributed by atoms with E-state index in [2.05, 4.69) is 29.6 Å². The molecule has 0 spiro atoms. The number of hydrogen-bond acceptors (Lipinski definition) is 5. The third kappa shape index (κ3) is 5.88. The molecular weight excluding hydrogens is 454 g/mol. The number of para-hydroxylation sites is 1. The Balaban J connectivity index is 1.42. The number of carbonyl (C=O) groups is 2. The van der Waals surface area contributed by atoms with Crippen LogP contribution in [0.2, 0.25) is 0 Å². The number of methoxy groups -OCH3 is 1. The fourth-order valence-corrected chi connectivity index (χ4v) is 4.65. The zero-order chi connectivity index (χ0) is 25.7. The van der Waals surface area contributed by atoms with E-state index in [0.29, 0.717) is 30.7 Å². The van der Waals surface area contributed by atoms with Gasteiger partial charge in [0.2, 0.25) is 0 Å². The van der Waals surface area contributed by atoms with E-state index < -0.39 is 11.7 Å². The highest BCUT2D eigenvalue weighted by atomic mass is 16.6. The van der Waals surface area contributed by atoms with Crippen molar-refractivity contribution >= 4 is 17.7 Å². The number of carbonyl (C=O) groups excluding carboxylic acids is 2. The molecule has 1 aliphatic carbocycles. The minimum absolute atomic E-state index is 0.0193. The Morgan fingerprint density at radius 3 is 2.14 bits per heavy atom. The highest BCUT2D eigenvalue weighted by Gasteiger charge is 2.29. The molecule has 3 aromatic rings. The lowest BCUT2D eigenvalue weighted by molar-refractivity contribution is -0.154. The average molecular weight is 488 g/mol. The molecule has 0 atom stereocenters. The number of amides is 1. The molecule has 1 amide bonds. The Hall–Kier alpha value is -3.80. The lowest BCUT2D eigenvalue weighted by Gasteiger charge is -2.19. The molecule has 0 fully saturated rings. The Morgan fingerprint density at radius 2 is 1.53 bits per heavy atom. The first-order valence-electron chi connectivity index (χ1n) is 12.3. The maximum absolute atomic E-state index is 12.9. The summed E-state index contributed by atoms with van der Waals surface area (Å²) in [6.07, 6.45) is 0.908. The van der Waals surface area contributed by atoms with Crippen molar-refractivity contribution in [3.05, 3.63) is 83.4 Å². The first-order valence-corrected chi connectivity index (χ1v) is 12.3. The lowest BCUT2D eigenvalue weighted by atomic mass is 9.98. The van der Waals surface area contributed by atoms with Crippen molar-refractivity contribution in [3.8, 4) is 16.9 Å². The molecule has 4 rings (SSSR count). The van der Waals surface area contributed by atoms with E-state index in [9.17, 15) is 9.59 Å². The standard InChI is InChI=1S/C30H33NO5/c1-30(2,3)36-27(32)18-10-12-20-11-9-17-26(34-4)28(20)31-29(33)35-19-25-23-15-7-5-13-21(23)22-14-6-8-16-24(22)25/h5-9,11,13-17,25H,10,12,18-19H2,1-4H3,(H,31,33). The normalized spacial score (nSPS) is 12.4. The van der Waals surface area contributed by atoms with E-state index in [1.165, 1.54) is 11.1 Å². The highest BCUT2D eigenvalue weighted by molar-refractivity contribution is 5.88. The second-order valence-corrected chi connectivity index (χ2v) is 9.88. The van der Waals surface area contributed by atoms with Crippen LogP contribution in [0.4, 0.5) is 10.5 Å². The molecule has 0 unspecified atom stereocenters. The molecule has 0 radical (unpaired) electrons. The number of rotatable bonds is 8. The second kappa shape index (κ2) is 10.9. The van der Waals surface area contributed by atoms with Crippen LogP contribution in [0.3, 0.4) is 0 Å². The smallest absolute Gasteiger partial charge is 0.411 e. The summed E-state index contributed by atoms with van der Waals surface area (Å²) in [6.45, 7) is 5.78. The van der Waals surface area contributed by atoms with Gasteiger partial charge in [0.05, 0.1) is 12.8 Å². The van der Waals surface area contributed by atoms with Crippen molar-refractivity contribution in [2.75, 3.05) is 19.0 Å². The summed E-state index contributed by atoms with van der Waals surface area (Å²) in [5.41, 5.74) is 5.59. The Bertz CT molecular complexity index is 1200. The molecule has 0 aromatic heterocycles. The van der Waals surface area contributed by atoms with Crippen molar-refractivity contribution in [2.45, 2.75) is 51.6 Å². The summed E-state index contributed by atoms with van der Waals surface area (Å²) in [4.78, 5) is 25.0. The van der Waals surface area contributed by atoms with Gasteiger partial charge in [0.15, 0.2) is 0 Å². The maximum Gasteiger partial charge on any atom is 0.411 e. The molecule has 3 aromatic carbocycles. The van der Waals surface area contributed by atoms with Gasteiger partial charge in [0.1, 0.15) is 18.0 Å². The monoisotopic (exact) mass is 487 g/mol. The average Bonchev–Trinajstić information content (AvgIpc) is 3.16.